The minimum absolute atomic E-state index is 0.286. The van der Waals surface area contributed by atoms with Gasteiger partial charge in [-0.05, 0) is 51.3 Å². The van der Waals surface area contributed by atoms with E-state index in [1.54, 1.807) is 7.11 Å². The van der Waals surface area contributed by atoms with Gasteiger partial charge in [0.05, 0.1) is 7.11 Å². The van der Waals surface area contributed by atoms with E-state index in [2.05, 4.69) is 13.5 Å². The minimum Gasteiger partial charge on any atom is -0.493 e. The number of ether oxygens (including phenoxy) is 2. The number of hydrogen-bond donors (Lipinski definition) is 0. The fraction of sp³-hybridized carbons (Fsp3) is 0.600. The molecular weight excluding hydrogens is 348 g/mol. The lowest BCUT2D eigenvalue weighted by atomic mass is 10.1. The molecule has 1 aromatic rings. The van der Waals surface area contributed by atoms with Crippen LogP contribution in [0, 0.1) is 0 Å². The molecule has 0 fully saturated rings. The van der Waals surface area contributed by atoms with Crippen LogP contribution in [-0.2, 0) is 19.7 Å². The predicted octanol–water partition coefficient (Wildman–Crippen LogP) is 4.56. The van der Waals surface area contributed by atoms with E-state index in [-0.39, 0.29) is 5.73 Å². The third kappa shape index (κ3) is 6.12. The van der Waals surface area contributed by atoms with Gasteiger partial charge >= 0.3 is 8.80 Å². The standard InChI is InChI=1S/C20H34O5Si/c1-7-12-17-14-15-18(19(16-17)21-6)25-20(13-8-2)26(22-9-3,23-10-4)24-11-5/h7,14-16,20H,1,8-13H2,2-6H3. The Morgan fingerprint density at radius 1 is 1.00 bits per heavy atom. The molecule has 1 aromatic carbocycles. The maximum Gasteiger partial charge on any atom is 0.543 e. The average molecular weight is 383 g/mol. The van der Waals surface area contributed by atoms with Gasteiger partial charge in [0.15, 0.2) is 17.2 Å². The van der Waals surface area contributed by atoms with Gasteiger partial charge in [-0.1, -0.05) is 25.5 Å². The molecule has 1 rings (SSSR count). The van der Waals surface area contributed by atoms with Crippen molar-refractivity contribution in [2.24, 2.45) is 0 Å². The van der Waals surface area contributed by atoms with Crippen molar-refractivity contribution in [3.05, 3.63) is 36.4 Å². The second kappa shape index (κ2) is 12.1. The zero-order chi connectivity index (χ0) is 19.4. The highest BCUT2D eigenvalue weighted by molar-refractivity contribution is 6.62. The Morgan fingerprint density at radius 2 is 1.62 bits per heavy atom. The first-order valence-electron chi connectivity index (χ1n) is 9.46. The highest BCUT2D eigenvalue weighted by atomic mass is 28.4. The lowest BCUT2D eigenvalue weighted by molar-refractivity contribution is 0.0264. The lowest BCUT2D eigenvalue weighted by Crippen LogP contribution is -2.59. The quantitative estimate of drug-likeness (QED) is 0.349. The van der Waals surface area contributed by atoms with Crippen LogP contribution in [0.3, 0.4) is 0 Å². The molecule has 1 atom stereocenters. The summed E-state index contributed by atoms with van der Waals surface area (Å²) < 4.78 is 30.1. The Bertz CT molecular complexity index is 518. The van der Waals surface area contributed by atoms with Gasteiger partial charge in [-0.15, -0.1) is 6.58 Å². The van der Waals surface area contributed by atoms with Crippen molar-refractivity contribution in [2.75, 3.05) is 26.9 Å². The predicted molar refractivity (Wildman–Crippen MR) is 107 cm³/mol. The minimum atomic E-state index is -2.99. The van der Waals surface area contributed by atoms with Crippen molar-refractivity contribution in [1.29, 1.82) is 0 Å². The number of allylic oxidation sites excluding steroid dienone is 1. The third-order valence-corrected chi connectivity index (χ3v) is 7.13. The van der Waals surface area contributed by atoms with Crippen LogP contribution in [-0.4, -0.2) is 41.5 Å². The zero-order valence-corrected chi connectivity index (χ0v) is 17.9. The van der Waals surface area contributed by atoms with Crippen molar-refractivity contribution < 1.29 is 22.8 Å². The SMILES string of the molecule is C=CCc1ccc(OC(CCC)[Si](OCC)(OCC)OCC)c(OC)c1. The van der Waals surface area contributed by atoms with Crippen LogP contribution in [0.5, 0.6) is 11.5 Å². The van der Waals surface area contributed by atoms with Crippen molar-refractivity contribution >= 4 is 8.80 Å². The van der Waals surface area contributed by atoms with Gasteiger partial charge in [0.2, 0.25) is 0 Å². The summed E-state index contributed by atoms with van der Waals surface area (Å²) in [5.74, 6) is 1.37. The monoisotopic (exact) mass is 382 g/mol. The molecule has 0 aliphatic carbocycles. The summed E-state index contributed by atoms with van der Waals surface area (Å²) in [4.78, 5) is 0. The van der Waals surface area contributed by atoms with Crippen molar-refractivity contribution in [1.82, 2.24) is 0 Å². The number of rotatable bonds is 14. The summed E-state index contributed by atoms with van der Waals surface area (Å²) in [6.45, 7) is 13.3. The van der Waals surface area contributed by atoms with Crippen LogP contribution in [0.4, 0.5) is 0 Å². The molecule has 0 amide bonds. The van der Waals surface area contributed by atoms with E-state index < -0.39 is 8.80 Å². The average Bonchev–Trinajstić information content (AvgIpc) is 2.63. The molecule has 0 aliphatic rings. The third-order valence-electron chi connectivity index (χ3n) is 3.86. The highest BCUT2D eigenvalue weighted by Crippen LogP contribution is 2.32. The van der Waals surface area contributed by atoms with Gasteiger partial charge in [0.1, 0.15) is 0 Å². The molecule has 0 aromatic heterocycles. The first-order chi connectivity index (χ1) is 12.6. The number of methoxy groups -OCH3 is 1. The molecule has 0 spiro atoms. The van der Waals surface area contributed by atoms with E-state index in [0.29, 0.717) is 31.3 Å². The molecule has 0 saturated heterocycles. The highest BCUT2D eigenvalue weighted by Gasteiger charge is 2.51. The van der Waals surface area contributed by atoms with Crippen LogP contribution in [0.25, 0.3) is 0 Å². The second-order valence-electron chi connectivity index (χ2n) is 5.78. The van der Waals surface area contributed by atoms with E-state index in [9.17, 15) is 0 Å². The lowest BCUT2D eigenvalue weighted by Gasteiger charge is -2.35. The smallest absolute Gasteiger partial charge is 0.493 e. The molecule has 0 N–H and O–H groups in total. The molecule has 0 radical (unpaired) electrons. The van der Waals surface area contributed by atoms with E-state index in [1.165, 1.54) is 0 Å². The molecule has 26 heavy (non-hydrogen) atoms. The van der Waals surface area contributed by atoms with Crippen molar-refractivity contribution in [3.63, 3.8) is 0 Å². The molecule has 0 saturated carbocycles. The Morgan fingerprint density at radius 3 is 2.08 bits per heavy atom. The van der Waals surface area contributed by atoms with Crippen LogP contribution >= 0.6 is 0 Å². The fourth-order valence-corrected chi connectivity index (χ4v) is 5.76. The van der Waals surface area contributed by atoms with Crippen LogP contribution in [0.2, 0.25) is 0 Å². The summed E-state index contributed by atoms with van der Waals surface area (Å²) in [5.41, 5.74) is 0.839. The first kappa shape index (κ1) is 22.7. The molecule has 0 heterocycles. The van der Waals surface area contributed by atoms with Gasteiger partial charge in [-0.2, -0.15) is 0 Å². The second-order valence-corrected chi connectivity index (χ2v) is 8.49. The molecular formula is C20H34O5Si. The van der Waals surface area contributed by atoms with Gasteiger partial charge in [0.25, 0.3) is 0 Å². The van der Waals surface area contributed by atoms with Crippen LogP contribution < -0.4 is 9.47 Å². The summed E-state index contributed by atoms with van der Waals surface area (Å²) in [7, 11) is -1.34. The molecule has 0 aliphatic heterocycles. The normalized spacial score (nSPS) is 12.7. The number of hydrogen-bond acceptors (Lipinski definition) is 5. The first-order valence-corrected chi connectivity index (χ1v) is 11.3. The maximum atomic E-state index is 6.37. The van der Waals surface area contributed by atoms with Crippen molar-refractivity contribution in [2.45, 2.75) is 52.7 Å². The summed E-state index contributed by atoms with van der Waals surface area (Å²) in [6.07, 6.45) is 4.37. The zero-order valence-electron chi connectivity index (χ0n) is 16.9. The summed E-state index contributed by atoms with van der Waals surface area (Å²) in [5, 5.41) is 0. The topological polar surface area (TPSA) is 46.2 Å². The van der Waals surface area contributed by atoms with Crippen LogP contribution in [0.15, 0.2) is 30.9 Å². The van der Waals surface area contributed by atoms with E-state index in [0.717, 1.165) is 24.8 Å². The summed E-state index contributed by atoms with van der Waals surface area (Å²) >= 11 is 0. The Balaban J connectivity index is 3.20. The van der Waals surface area contributed by atoms with Crippen molar-refractivity contribution in [3.8, 4) is 11.5 Å². The fourth-order valence-electron chi connectivity index (χ4n) is 2.83. The Labute approximate surface area is 159 Å². The molecule has 1 unspecified atom stereocenters. The molecule has 6 heteroatoms. The van der Waals surface area contributed by atoms with Gasteiger partial charge in [0, 0.05) is 19.8 Å². The molecule has 5 nitrogen and oxygen atoms in total. The van der Waals surface area contributed by atoms with E-state index >= 15 is 0 Å². The van der Waals surface area contributed by atoms with Crippen LogP contribution in [0.1, 0.15) is 46.1 Å². The molecule has 148 valence electrons. The Hall–Kier alpha value is -1.34. The van der Waals surface area contributed by atoms with Gasteiger partial charge in [-0.25, -0.2) is 0 Å². The van der Waals surface area contributed by atoms with Gasteiger partial charge < -0.3 is 22.8 Å². The number of benzene rings is 1. The Kier molecular flexibility index (Phi) is 10.6. The largest absolute Gasteiger partial charge is 0.543 e. The van der Waals surface area contributed by atoms with E-state index in [4.69, 9.17) is 22.8 Å². The summed E-state index contributed by atoms with van der Waals surface area (Å²) in [6, 6.07) is 5.93. The van der Waals surface area contributed by atoms with E-state index in [1.807, 2.05) is 45.0 Å². The van der Waals surface area contributed by atoms with Gasteiger partial charge in [-0.3, -0.25) is 0 Å². The molecule has 0 bridgehead atoms. The maximum absolute atomic E-state index is 6.37.